The number of hydrogen-bond acceptors (Lipinski definition) is 2. The molecule has 0 aromatic carbocycles. The highest BCUT2D eigenvalue weighted by Gasteiger charge is 2.54. The summed E-state index contributed by atoms with van der Waals surface area (Å²) < 4.78 is 0.533. The van der Waals surface area contributed by atoms with Crippen molar-refractivity contribution in [2.45, 2.75) is 30.4 Å². The minimum Gasteiger partial charge on any atom is -0.303 e. The Morgan fingerprint density at radius 2 is 2.27 bits per heavy atom. The van der Waals surface area contributed by atoms with Gasteiger partial charge >= 0.3 is 0 Å². The van der Waals surface area contributed by atoms with Crippen molar-refractivity contribution in [3.63, 3.8) is 0 Å². The van der Waals surface area contributed by atoms with Gasteiger partial charge in [-0.05, 0) is 31.4 Å². The van der Waals surface area contributed by atoms with Crippen LogP contribution in [0.25, 0.3) is 0 Å². The number of thioether (sulfide) groups is 1. The summed E-state index contributed by atoms with van der Waals surface area (Å²) >= 11 is 1.99. The van der Waals surface area contributed by atoms with Gasteiger partial charge in [0.25, 0.3) is 0 Å². The zero-order valence-corrected chi connectivity index (χ0v) is 7.69. The largest absolute Gasteiger partial charge is 0.303 e. The molecule has 0 aromatic rings. The van der Waals surface area contributed by atoms with Gasteiger partial charge in [0.1, 0.15) is 6.29 Å². The van der Waals surface area contributed by atoms with E-state index in [1.165, 1.54) is 25.7 Å². The molecule has 0 N–H and O–H groups in total. The second-order valence-electron chi connectivity index (χ2n) is 3.76. The van der Waals surface area contributed by atoms with Crippen molar-refractivity contribution in [2.24, 2.45) is 11.8 Å². The molecule has 11 heavy (non-hydrogen) atoms. The molecule has 0 aliphatic heterocycles. The minimum atomic E-state index is 0.419. The van der Waals surface area contributed by atoms with E-state index in [0.29, 0.717) is 10.7 Å². The molecule has 62 valence electrons. The van der Waals surface area contributed by atoms with Crippen LogP contribution >= 0.6 is 11.8 Å². The number of rotatable bonds is 3. The molecular formula is C9H14OS. The molecule has 2 aliphatic carbocycles. The third-order valence-electron chi connectivity index (χ3n) is 3.30. The van der Waals surface area contributed by atoms with E-state index in [1.807, 2.05) is 11.8 Å². The van der Waals surface area contributed by atoms with Gasteiger partial charge in [-0.2, -0.15) is 11.8 Å². The van der Waals surface area contributed by atoms with Crippen molar-refractivity contribution >= 4 is 18.0 Å². The van der Waals surface area contributed by atoms with Crippen LogP contribution < -0.4 is 0 Å². The fourth-order valence-electron chi connectivity index (χ4n) is 2.22. The molecule has 0 bridgehead atoms. The van der Waals surface area contributed by atoms with Crippen LogP contribution in [0.3, 0.4) is 0 Å². The zero-order chi connectivity index (χ0) is 7.90. The van der Waals surface area contributed by atoms with E-state index >= 15 is 0 Å². The number of carbonyl (C=O) groups excluding carboxylic acids is 1. The van der Waals surface area contributed by atoms with E-state index in [9.17, 15) is 4.79 Å². The lowest BCUT2D eigenvalue weighted by molar-refractivity contribution is -0.109. The van der Waals surface area contributed by atoms with Gasteiger partial charge in [0, 0.05) is 10.7 Å². The van der Waals surface area contributed by atoms with Gasteiger partial charge in [0.05, 0.1) is 0 Å². The van der Waals surface area contributed by atoms with Gasteiger partial charge in [-0.1, -0.05) is 6.42 Å². The Morgan fingerprint density at radius 3 is 2.55 bits per heavy atom. The molecule has 0 amide bonds. The molecule has 2 heteroatoms. The van der Waals surface area contributed by atoms with E-state index in [1.54, 1.807) is 0 Å². The topological polar surface area (TPSA) is 17.1 Å². The van der Waals surface area contributed by atoms with Gasteiger partial charge in [-0.15, -0.1) is 0 Å². The highest BCUT2D eigenvalue weighted by molar-refractivity contribution is 8.00. The molecule has 2 rings (SSSR count). The molecule has 0 radical (unpaired) electrons. The monoisotopic (exact) mass is 170 g/mol. The maximum atomic E-state index is 10.5. The Morgan fingerprint density at radius 1 is 1.55 bits per heavy atom. The van der Waals surface area contributed by atoms with Crippen LogP contribution in [0, 0.1) is 11.8 Å². The molecule has 2 fully saturated rings. The predicted octanol–water partition coefficient (Wildman–Crippen LogP) is 2.11. The summed E-state index contributed by atoms with van der Waals surface area (Å²) in [7, 11) is 0. The lowest BCUT2D eigenvalue weighted by atomic mass is 9.79. The van der Waals surface area contributed by atoms with Crippen molar-refractivity contribution in [3.05, 3.63) is 0 Å². The van der Waals surface area contributed by atoms with Gasteiger partial charge < -0.3 is 4.79 Å². The minimum absolute atomic E-state index is 0.419. The van der Waals surface area contributed by atoms with Crippen molar-refractivity contribution in [2.75, 3.05) is 6.26 Å². The summed E-state index contributed by atoms with van der Waals surface area (Å²) in [5.74, 6) is 1.16. The summed E-state index contributed by atoms with van der Waals surface area (Å²) in [5, 5.41) is 0. The Labute approximate surface area is 71.9 Å². The van der Waals surface area contributed by atoms with Crippen LogP contribution in [0.2, 0.25) is 0 Å². The van der Waals surface area contributed by atoms with Crippen LogP contribution in [0.5, 0.6) is 0 Å². The standard InChI is InChI=1S/C9H14OS/c1-11-9(3-2-4-9)8-5-7(8)6-10/h6-8H,2-5H2,1H3/t7-,8-/m0/s1. The molecule has 2 aliphatic rings. The Kier molecular flexibility index (Phi) is 1.75. The molecule has 0 saturated heterocycles. The number of carbonyl (C=O) groups is 1. The van der Waals surface area contributed by atoms with E-state index in [2.05, 4.69) is 6.26 Å². The second kappa shape index (κ2) is 2.51. The zero-order valence-electron chi connectivity index (χ0n) is 6.88. The summed E-state index contributed by atoms with van der Waals surface area (Å²) in [6, 6.07) is 0. The third kappa shape index (κ3) is 1.03. The summed E-state index contributed by atoms with van der Waals surface area (Å²) in [6.45, 7) is 0. The average Bonchev–Trinajstić information content (AvgIpc) is 2.67. The van der Waals surface area contributed by atoms with Crippen LogP contribution in [0.15, 0.2) is 0 Å². The molecular weight excluding hydrogens is 156 g/mol. The van der Waals surface area contributed by atoms with Gasteiger partial charge in [0.15, 0.2) is 0 Å². The van der Waals surface area contributed by atoms with Crippen LogP contribution in [-0.2, 0) is 4.79 Å². The molecule has 0 spiro atoms. The molecule has 2 saturated carbocycles. The second-order valence-corrected chi connectivity index (χ2v) is 4.99. The maximum Gasteiger partial charge on any atom is 0.123 e. The van der Waals surface area contributed by atoms with E-state index < -0.39 is 0 Å². The van der Waals surface area contributed by atoms with Gasteiger partial charge in [-0.25, -0.2) is 0 Å². The van der Waals surface area contributed by atoms with Crippen LogP contribution in [-0.4, -0.2) is 17.3 Å². The van der Waals surface area contributed by atoms with Crippen LogP contribution in [0.1, 0.15) is 25.7 Å². The quantitative estimate of drug-likeness (QED) is 0.603. The summed E-state index contributed by atoms with van der Waals surface area (Å²) in [4.78, 5) is 10.5. The first kappa shape index (κ1) is 7.66. The molecule has 0 aromatic heterocycles. The normalized spacial score (nSPS) is 39.4. The average molecular weight is 170 g/mol. The number of aldehydes is 1. The summed E-state index contributed by atoms with van der Waals surface area (Å²) in [6.07, 6.45) is 8.60. The SMILES string of the molecule is CSC1([C@H]2C[C@H]2C=O)CCC1. The molecule has 1 nitrogen and oxygen atoms in total. The number of hydrogen-bond donors (Lipinski definition) is 0. The van der Waals surface area contributed by atoms with Gasteiger partial charge in [0.2, 0.25) is 0 Å². The highest BCUT2D eigenvalue weighted by atomic mass is 32.2. The first-order valence-corrected chi connectivity index (χ1v) is 5.55. The Bertz CT molecular complexity index is 169. The van der Waals surface area contributed by atoms with E-state index in [-0.39, 0.29) is 0 Å². The molecule has 0 heterocycles. The molecule has 0 unspecified atom stereocenters. The first-order valence-electron chi connectivity index (χ1n) is 4.33. The van der Waals surface area contributed by atoms with Crippen molar-refractivity contribution in [1.82, 2.24) is 0 Å². The smallest absolute Gasteiger partial charge is 0.123 e. The molecule has 2 atom stereocenters. The maximum absolute atomic E-state index is 10.5. The van der Waals surface area contributed by atoms with Crippen molar-refractivity contribution in [1.29, 1.82) is 0 Å². The lowest BCUT2D eigenvalue weighted by Crippen LogP contribution is -2.36. The Hall–Kier alpha value is 0.0200. The predicted molar refractivity (Wildman–Crippen MR) is 47.8 cm³/mol. The van der Waals surface area contributed by atoms with E-state index in [0.717, 1.165) is 12.2 Å². The van der Waals surface area contributed by atoms with Crippen molar-refractivity contribution < 1.29 is 4.79 Å². The highest BCUT2D eigenvalue weighted by Crippen LogP contribution is 2.59. The summed E-state index contributed by atoms with van der Waals surface area (Å²) in [5.41, 5.74) is 0. The van der Waals surface area contributed by atoms with Crippen molar-refractivity contribution in [3.8, 4) is 0 Å². The fraction of sp³-hybridized carbons (Fsp3) is 0.889. The lowest BCUT2D eigenvalue weighted by Gasteiger charge is -2.41. The van der Waals surface area contributed by atoms with Crippen LogP contribution in [0.4, 0.5) is 0 Å². The fourth-order valence-corrected chi connectivity index (χ4v) is 3.49. The van der Waals surface area contributed by atoms with Gasteiger partial charge in [-0.3, -0.25) is 0 Å². The Balaban J connectivity index is 1.98. The van der Waals surface area contributed by atoms with E-state index in [4.69, 9.17) is 0 Å². The third-order valence-corrected chi connectivity index (χ3v) is 4.82. The first-order chi connectivity index (χ1) is 5.32.